The maximum atomic E-state index is 12.6. The predicted molar refractivity (Wildman–Crippen MR) is 116 cm³/mol. The van der Waals surface area contributed by atoms with Gasteiger partial charge in [-0.3, -0.25) is 4.79 Å². The van der Waals surface area contributed by atoms with Crippen molar-refractivity contribution in [3.05, 3.63) is 83.6 Å². The first-order chi connectivity index (χ1) is 14.5. The van der Waals surface area contributed by atoms with Crippen LogP contribution in [0.1, 0.15) is 27.5 Å². The van der Waals surface area contributed by atoms with Crippen molar-refractivity contribution < 1.29 is 13.9 Å². The van der Waals surface area contributed by atoms with Gasteiger partial charge in [-0.2, -0.15) is 0 Å². The van der Waals surface area contributed by atoms with E-state index in [0.717, 1.165) is 28.2 Å². The van der Waals surface area contributed by atoms with E-state index in [1.54, 1.807) is 24.1 Å². The Bertz CT molecular complexity index is 1160. The van der Waals surface area contributed by atoms with Crippen molar-refractivity contribution in [2.45, 2.75) is 26.9 Å². The molecule has 4 aromatic rings. The molecule has 0 N–H and O–H groups in total. The lowest BCUT2D eigenvalue weighted by Crippen LogP contribution is -2.27. The standard InChI is InChI=1S/C24H25N3O3/c1-17-10-11-18(2)22(15-17)30-14-12-27-20-8-5-4-7-19(20)25-23(27)16-26(3)24(28)21-9-6-13-29-21/h4-11,13,15H,12,14,16H2,1-3H3. The number of amides is 1. The number of hydrogen-bond acceptors (Lipinski definition) is 4. The van der Waals surface area contributed by atoms with Crippen LogP contribution in [-0.2, 0) is 13.1 Å². The first kappa shape index (κ1) is 19.8. The molecule has 0 saturated heterocycles. The first-order valence-electron chi connectivity index (χ1n) is 9.96. The number of ether oxygens (including phenoxy) is 1. The normalized spacial score (nSPS) is 11.0. The van der Waals surface area contributed by atoms with Gasteiger partial charge in [-0.25, -0.2) is 4.98 Å². The smallest absolute Gasteiger partial charge is 0.289 e. The van der Waals surface area contributed by atoms with Crippen LogP contribution in [0.5, 0.6) is 5.75 Å². The van der Waals surface area contributed by atoms with Crippen molar-refractivity contribution in [2.24, 2.45) is 0 Å². The van der Waals surface area contributed by atoms with Crippen LogP contribution in [0.4, 0.5) is 0 Å². The Balaban J connectivity index is 1.54. The lowest BCUT2D eigenvalue weighted by atomic mass is 10.1. The van der Waals surface area contributed by atoms with Gasteiger partial charge in [0.1, 0.15) is 18.2 Å². The summed E-state index contributed by atoms with van der Waals surface area (Å²) in [6.45, 7) is 5.61. The highest BCUT2D eigenvalue weighted by Crippen LogP contribution is 2.21. The molecule has 2 heterocycles. The molecule has 6 nitrogen and oxygen atoms in total. The monoisotopic (exact) mass is 403 g/mol. The number of carbonyl (C=O) groups excluding carboxylic acids is 1. The molecule has 2 aromatic carbocycles. The zero-order valence-corrected chi connectivity index (χ0v) is 17.5. The van der Waals surface area contributed by atoms with Crippen LogP contribution in [0.25, 0.3) is 11.0 Å². The Labute approximate surface area is 175 Å². The Morgan fingerprint density at radius 2 is 1.97 bits per heavy atom. The molecule has 4 rings (SSSR count). The van der Waals surface area contributed by atoms with E-state index in [1.165, 1.54) is 11.8 Å². The van der Waals surface area contributed by atoms with Crippen molar-refractivity contribution >= 4 is 16.9 Å². The van der Waals surface area contributed by atoms with E-state index in [2.05, 4.69) is 29.7 Å². The number of hydrogen-bond donors (Lipinski definition) is 0. The molecule has 30 heavy (non-hydrogen) atoms. The van der Waals surface area contributed by atoms with Crippen molar-refractivity contribution in [1.82, 2.24) is 14.5 Å². The second-order valence-corrected chi connectivity index (χ2v) is 7.42. The molecule has 0 aliphatic carbocycles. The number of para-hydroxylation sites is 2. The van der Waals surface area contributed by atoms with Gasteiger partial charge in [0.2, 0.25) is 0 Å². The molecule has 0 radical (unpaired) electrons. The lowest BCUT2D eigenvalue weighted by Gasteiger charge is -2.17. The molecule has 0 spiro atoms. The quantitative estimate of drug-likeness (QED) is 0.453. The molecule has 1 amide bonds. The number of rotatable bonds is 7. The average Bonchev–Trinajstić information content (AvgIpc) is 3.38. The van der Waals surface area contributed by atoms with Crippen LogP contribution >= 0.6 is 0 Å². The van der Waals surface area contributed by atoms with Gasteiger partial charge < -0.3 is 18.6 Å². The summed E-state index contributed by atoms with van der Waals surface area (Å²) in [6.07, 6.45) is 1.50. The second kappa shape index (κ2) is 8.45. The Kier molecular flexibility index (Phi) is 5.57. The van der Waals surface area contributed by atoms with Crippen LogP contribution in [0.15, 0.2) is 65.3 Å². The number of imidazole rings is 1. The van der Waals surface area contributed by atoms with Crippen molar-refractivity contribution in [3.8, 4) is 5.75 Å². The highest BCUT2D eigenvalue weighted by molar-refractivity contribution is 5.91. The number of benzene rings is 2. The minimum absolute atomic E-state index is 0.176. The number of furan rings is 1. The zero-order valence-electron chi connectivity index (χ0n) is 17.5. The number of aryl methyl sites for hydroxylation is 2. The van der Waals surface area contributed by atoms with E-state index in [-0.39, 0.29) is 5.91 Å². The third-order valence-corrected chi connectivity index (χ3v) is 5.11. The molecule has 0 aliphatic heterocycles. The number of carbonyl (C=O) groups is 1. The minimum atomic E-state index is -0.176. The van der Waals surface area contributed by atoms with Crippen LogP contribution in [0.3, 0.4) is 0 Å². The second-order valence-electron chi connectivity index (χ2n) is 7.42. The van der Waals surface area contributed by atoms with Crippen LogP contribution < -0.4 is 4.74 Å². The fraction of sp³-hybridized carbons (Fsp3) is 0.250. The van der Waals surface area contributed by atoms with Gasteiger partial charge in [-0.1, -0.05) is 24.3 Å². The maximum Gasteiger partial charge on any atom is 0.289 e. The number of nitrogens with zero attached hydrogens (tertiary/aromatic N) is 3. The largest absolute Gasteiger partial charge is 0.491 e. The van der Waals surface area contributed by atoms with Gasteiger partial charge >= 0.3 is 0 Å². The van der Waals surface area contributed by atoms with Gasteiger partial charge in [0.15, 0.2) is 5.76 Å². The summed E-state index contributed by atoms with van der Waals surface area (Å²) >= 11 is 0. The summed E-state index contributed by atoms with van der Waals surface area (Å²) in [5, 5.41) is 0. The summed E-state index contributed by atoms with van der Waals surface area (Å²) in [7, 11) is 1.75. The van der Waals surface area contributed by atoms with Crippen LogP contribution in [0.2, 0.25) is 0 Å². The molecule has 6 heteroatoms. The zero-order chi connectivity index (χ0) is 21.1. The SMILES string of the molecule is Cc1ccc(C)c(OCCn2c(CN(C)C(=O)c3ccco3)nc3ccccc32)c1. The molecular weight excluding hydrogens is 378 g/mol. The lowest BCUT2D eigenvalue weighted by molar-refractivity contribution is 0.0748. The third kappa shape index (κ3) is 4.08. The number of fused-ring (bicyclic) bond motifs is 1. The molecule has 0 saturated carbocycles. The van der Waals surface area contributed by atoms with Gasteiger partial charge in [0.05, 0.1) is 30.4 Å². The Hall–Kier alpha value is -3.54. The van der Waals surface area contributed by atoms with E-state index < -0.39 is 0 Å². The van der Waals surface area contributed by atoms with Crippen molar-refractivity contribution in [3.63, 3.8) is 0 Å². The summed E-state index contributed by atoms with van der Waals surface area (Å²) in [6, 6.07) is 17.6. The highest BCUT2D eigenvalue weighted by Gasteiger charge is 2.18. The fourth-order valence-electron chi connectivity index (χ4n) is 3.48. The van der Waals surface area contributed by atoms with E-state index in [0.29, 0.717) is 25.5 Å². The van der Waals surface area contributed by atoms with E-state index >= 15 is 0 Å². The summed E-state index contributed by atoms with van der Waals surface area (Å²) in [5.74, 6) is 1.85. The van der Waals surface area contributed by atoms with Gasteiger partial charge in [-0.05, 0) is 55.3 Å². The minimum Gasteiger partial charge on any atom is -0.491 e. The van der Waals surface area contributed by atoms with Gasteiger partial charge in [0, 0.05) is 7.05 Å². The Morgan fingerprint density at radius 3 is 2.77 bits per heavy atom. The van der Waals surface area contributed by atoms with Crippen molar-refractivity contribution in [2.75, 3.05) is 13.7 Å². The first-order valence-corrected chi connectivity index (χ1v) is 9.96. The summed E-state index contributed by atoms with van der Waals surface area (Å²) < 4.78 is 13.4. The predicted octanol–water partition coefficient (Wildman–Crippen LogP) is 4.60. The van der Waals surface area contributed by atoms with E-state index in [9.17, 15) is 4.79 Å². The summed E-state index contributed by atoms with van der Waals surface area (Å²) in [4.78, 5) is 18.9. The van der Waals surface area contributed by atoms with Crippen molar-refractivity contribution in [1.29, 1.82) is 0 Å². The topological polar surface area (TPSA) is 60.5 Å². The summed E-state index contributed by atoms with van der Waals surface area (Å²) in [5.41, 5.74) is 4.21. The molecule has 0 unspecified atom stereocenters. The molecule has 0 bridgehead atoms. The molecule has 0 aliphatic rings. The van der Waals surface area contributed by atoms with Crippen LogP contribution in [0, 0.1) is 13.8 Å². The maximum absolute atomic E-state index is 12.6. The molecule has 0 atom stereocenters. The average molecular weight is 403 g/mol. The van der Waals surface area contributed by atoms with Crippen LogP contribution in [-0.4, -0.2) is 34.0 Å². The molecular formula is C24H25N3O3. The third-order valence-electron chi connectivity index (χ3n) is 5.11. The number of aromatic nitrogens is 2. The molecule has 0 fully saturated rings. The molecule has 2 aromatic heterocycles. The highest BCUT2D eigenvalue weighted by atomic mass is 16.5. The molecule has 154 valence electrons. The van der Waals surface area contributed by atoms with E-state index in [1.807, 2.05) is 31.2 Å². The van der Waals surface area contributed by atoms with Gasteiger partial charge in [0.25, 0.3) is 5.91 Å². The van der Waals surface area contributed by atoms with E-state index in [4.69, 9.17) is 14.1 Å². The van der Waals surface area contributed by atoms with Gasteiger partial charge in [-0.15, -0.1) is 0 Å². The Morgan fingerprint density at radius 1 is 1.13 bits per heavy atom. The fourth-order valence-corrected chi connectivity index (χ4v) is 3.48.